The van der Waals surface area contributed by atoms with Crippen molar-refractivity contribution in [3.63, 3.8) is 0 Å². The van der Waals surface area contributed by atoms with E-state index >= 15 is 0 Å². The van der Waals surface area contributed by atoms with E-state index in [4.69, 9.17) is 21.1 Å². The van der Waals surface area contributed by atoms with E-state index in [2.05, 4.69) is 0 Å². The molecule has 1 fully saturated rings. The predicted molar refractivity (Wildman–Crippen MR) is 124 cm³/mol. The molecule has 0 bridgehead atoms. The molecule has 6 nitrogen and oxygen atoms in total. The van der Waals surface area contributed by atoms with Gasteiger partial charge in [-0.3, -0.25) is 9.59 Å². The largest absolute Gasteiger partial charge is 0.507 e. The van der Waals surface area contributed by atoms with Crippen molar-refractivity contribution in [3.05, 3.63) is 64.2 Å². The summed E-state index contributed by atoms with van der Waals surface area (Å²) in [5, 5.41) is 11.5. The second-order valence-electron chi connectivity index (χ2n) is 7.61. The number of hydrogen-bond acceptors (Lipinski definition) is 5. The number of methoxy groups -OCH3 is 1. The number of hydrogen-bond donors (Lipinski definition) is 1. The molecule has 1 aliphatic heterocycles. The summed E-state index contributed by atoms with van der Waals surface area (Å²) in [6, 6.07) is 11.3. The summed E-state index contributed by atoms with van der Waals surface area (Å²) >= 11 is 6.33. The van der Waals surface area contributed by atoms with E-state index in [1.807, 2.05) is 38.1 Å². The van der Waals surface area contributed by atoms with E-state index in [9.17, 15) is 14.7 Å². The summed E-state index contributed by atoms with van der Waals surface area (Å²) in [7, 11) is 1.50. The number of carbonyl (C=O) groups excluding carboxylic acids is 2. The molecule has 1 saturated heterocycles. The van der Waals surface area contributed by atoms with E-state index in [1.165, 1.54) is 12.0 Å². The standard InChI is InChI=1S/C25H28ClNO5/c1-4-6-12-27-22(16-8-7-9-18(14-16)32-13-5-2)21(24(29)25(27)30)23(28)19-15-17(31-3)10-11-20(19)26/h7-11,14-15,22,28H,4-6,12-13H2,1-3H3/b23-21+. The molecule has 0 aliphatic carbocycles. The van der Waals surface area contributed by atoms with Gasteiger partial charge in [0.05, 0.1) is 30.4 Å². The minimum absolute atomic E-state index is 0.00824. The summed E-state index contributed by atoms with van der Waals surface area (Å²) < 4.78 is 11.0. The average Bonchev–Trinajstić information content (AvgIpc) is 3.06. The van der Waals surface area contributed by atoms with Gasteiger partial charge in [0.2, 0.25) is 0 Å². The zero-order valence-corrected chi connectivity index (χ0v) is 19.3. The van der Waals surface area contributed by atoms with Crippen molar-refractivity contribution in [2.45, 2.75) is 39.2 Å². The number of benzene rings is 2. The Bertz CT molecular complexity index is 1030. The van der Waals surface area contributed by atoms with Gasteiger partial charge in [0.1, 0.15) is 17.3 Å². The Morgan fingerprint density at radius 1 is 1.09 bits per heavy atom. The summed E-state index contributed by atoms with van der Waals surface area (Å²) in [6.07, 6.45) is 2.44. The lowest BCUT2D eigenvalue weighted by Gasteiger charge is -2.25. The van der Waals surface area contributed by atoms with E-state index in [1.54, 1.807) is 18.2 Å². The van der Waals surface area contributed by atoms with Crippen LogP contribution in [0, 0.1) is 0 Å². The lowest BCUT2D eigenvalue weighted by molar-refractivity contribution is -0.139. The van der Waals surface area contributed by atoms with Gasteiger partial charge in [-0.05, 0) is 48.7 Å². The first-order valence-electron chi connectivity index (χ1n) is 10.8. The van der Waals surface area contributed by atoms with Crippen LogP contribution in [-0.4, -0.2) is 42.0 Å². The first-order chi connectivity index (χ1) is 15.4. The molecule has 3 rings (SSSR count). The fourth-order valence-electron chi connectivity index (χ4n) is 3.74. The molecule has 1 heterocycles. The fourth-order valence-corrected chi connectivity index (χ4v) is 3.94. The molecule has 1 atom stereocenters. The second-order valence-corrected chi connectivity index (χ2v) is 8.02. The zero-order chi connectivity index (χ0) is 23.3. The highest BCUT2D eigenvalue weighted by molar-refractivity contribution is 6.47. The summed E-state index contributed by atoms with van der Waals surface area (Å²) in [5.41, 5.74) is 0.936. The molecule has 1 N–H and O–H groups in total. The predicted octanol–water partition coefficient (Wildman–Crippen LogP) is 5.36. The zero-order valence-electron chi connectivity index (χ0n) is 18.6. The van der Waals surface area contributed by atoms with Crippen LogP contribution in [0.5, 0.6) is 11.5 Å². The molecule has 0 spiro atoms. The number of unbranched alkanes of at least 4 members (excludes halogenated alkanes) is 1. The summed E-state index contributed by atoms with van der Waals surface area (Å²) in [4.78, 5) is 27.6. The number of likely N-dealkylation sites (tertiary alicyclic amines) is 1. The van der Waals surface area contributed by atoms with Crippen LogP contribution in [0.1, 0.15) is 50.3 Å². The number of ether oxygens (including phenoxy) is 2. The third kappa shape index (κ3) is 4.75. The molecule has 0 radical (unpaired) electrons. The van der Waals surface area contributed by atoms with Crippen LogP contribution in [0.4, 0.5) is 0 Å². The van der Waals surface area contributed by atoms with E-state index in [0.29, 0.717) is 30.2 Å². The highest BCUT2D eigenvalue weighted by Crippen LogP contribution is 2.41. The maximum absolute atomic E-state index is 13.1. The first-order valence-corrected chi connectivity index (χ1v) is 11.2. The minimum Gasteiger partial charge on any atom is -0.507 e. The van der Waals surface area contributed by atoms with Crippen molar-refractivity contribution < 1.29 is 24.2 Å². The number of Topliss-reactive ketones (excluding diaryl/α,β-unsaturated/α-hetero) is 1. The molecule has 0 saturated carbocycles. The molecule has 1 amide bonds. The molecular weight excluding hydrogens is 430 g/mol. The van der Waals surface area contributed by atoms with Crippen LogP contribution in [0.3, 0.4) is 0 Å². The molecular formula is C25H28ClNO5. The molecule has 0 aromatic heterocycles. The maximum atomic E-state index is 13.1. The SMILES string of the molecule is CCCCN1C(=O)C(=O)/C(=C(/O)c2cc(OC)ccc2Cl)C1c1cccc(OCCC)c1. The Kier molecular flexibility index (Phi) is 7.80. The van der Waals surface area contributed by atoms with Gasteiger partial charge in [0.15, 0.2) is 0 Å². The molecule has 2 aromatic rings. The highest BCUT2D eigenvalue weighted by atomic mass is 35.5. The van der Waals surface area contributed by atoms with Crippen molar-refractivity contribution in [1.82, 2.24) is 4.90 Å². The topological polar surface area (TPSA) is 76.1 Å². The molecule has 7 heteroatoms. The molecule has 1 aliphatic rings. The smallest absolute Gasteiger partial charge is 0.295 e. The molecule has 2 aromatic carbocycles. The quantitative estimate of drug-likeness (QED) is 0.311. The molecule has 32 heavy (non-hydrogen) atoms. The van der Waals surface area contributed by atoms with Gasteiger partial charge in [-0.25, -0.2) is 0 Å². The van der Waals surface area contributed by atoms with Crippen LogP contribution >= 0.6 is 11.6 Å². The Hall–Kier alpha value is -2.99. The fraction of sp³-hybridized carbons (Fsp3) is 0.360. The monoisotopic (exact) mass is 457 g/mol. The Balaban J connectivity index is 2.17. The van der Waals surface area contributed by atoms with Gasteiger partial charge >= 0.3 is 0 Å². The van der Waals surface area contributed by atoms with Crippen LogP contribution in [0.15, 0.2) is 48.0 Å². The average molecular weight is 458 g/mol. The number of amides is 1. The van der Waals surface area contributed by atoms with E-state index in [0.717, 1.165) is 19.3 Å². The number of aliphatic hydroxyl groups is 1. The number of ketones is 1. The number of aliphatic hydroxyl groups excluding tert-OH is 1. The van der Waals surface area contributed by atoms with Crippen molar-refractivity contribution in [3.8, 4) is 11.5 Å². The third-order valence-electron chi connectivity index (χ3n) is 5.37. The molecule has 1 unspecified atom stereocenters. The lowest BCUT2D eigenvalue weighted by atomic mass is 9.95. The number of halogens is 1. The van der Waals surface area contributed by atoms with E-state index in [-0.39, 0.29) is 21.9 Å². The number of carbonyl (C=O) groups is 2. The Morgan fingerprint density at radius 3 is 2.56 bits per heavy atom. The van der Waals surface area contributed by atoms with Crippen LogP contribution < -0.4 is 9.47 Å². The second kappa shape index (κ2) is 10.6. The van der Waals surface area contributed by atoms with Gasteiger partial charge in [-0.2, -0.15) is 0 Å². The van der Waals surface area contributed by atoms with Crippen molar-refractivity contribution in [2.24, 2.45) is 0 Å². The van der Waals surface area contributed by atoms with Crippen molar-refractivity contribution in [1.29, 1.82) is 0 Å². The number of nitrogens with zero attached hydrogens (tertiary/aromatic N) is 1. The van der Waals surface area contributed by atoms with Gasteiger partial charge in [-0.1, -0.05) is 44.0 Å². The highest BCUT2D eigenvalue weighted by Gasteiger charge is 2.46. The summed E-state index contributed by atoms with van der Waals surface area (Å²) in [5.74, 6) is -0.574. The lowest BCUT2D eigenvalue weighted by Crippen LogP contribution is -2.30. The van der Waals surface area contributed by atoms with Gasteiger partial charge in [-0.15, -0.1) is 0 Å². The van der Waals surface area contributed by atoms with Crippen LogP contribution in [-0.2, 0) is 9.59 Å². The van der Waals surface area contributed by atoms with Crippen molar-refractivity contribution in [2.75, 3.05) is 20.3 Å². The summed E-state index contributed by atoms with van der Waals surface area (Å²) in [6.45, 7) is 4.98. The molecule has 170 valence electrons. The van der Waals surface area contributed by atoms with Gasteiger partial charge in [0.25, 0.3) is 11.7 Å². The first kappa shape index (κ1) is 23.7. The Labute approximate surface area is 193 Å². The van der Waals surface area contributed by atoms with Crippen molar-refractivity contribution >= 4 is 29.1 Å². The number of rotatable bonds is 9. The van der Waals surface area contributed by atoms with Gasteiger partial charge < -0.3 is 19.5 Å². The van der Waals surface area contributed by atoms with E-state index < -0.39 is 17.7 Å². The Morgan fingerprint density at radius 2 is 1.88 bits per heavy atom. The maximum Gasteiger partial charge on any atom is 0.295 e. The normalized spacial score (nSPS) is 17.6. The third-order valence-corrected chi connectivity index (χ3v) is 5.70. The van der Waals surface area contributed by atoms with Gasteiger partial charge in [0, 0.05) is 12.1 Å². The minimum atomic E-state index is -0.742. The van der Waals surface area contributed by atoms with Crippen LogP contribution in [0.25, 0.3) is 5.76 Å². The van der Waals surface area contributed by atoms with Crippen LogP contribution in [0.2, 0.25) is 5.02 Å².